The minimum Gasteiger partial charge on any atom is -0.383 e. The van der Waals surface area contributed by atoms with Gasteiger partial charge in [-0.1, -0.05) is 6.92 Å². The summed E-state index contributed by atoms with van der Waals surface area (Å²) in [5.41, 5.74) is 0.174. The molecule has 0 radical (unpaired) electrons. The molecule has 0 amide bonds. The lowest BCUT2D eigenvalue weighted by Gasteiger charge is -2.27. The molecular formula is C13H22BrN3O. The van der Waals surface area contributed by atoms with Crippen molar-refractivity contribution >= 4 is 15.9 Å². The zero-order valence-corrected chi connectivity index (χ0v) is 12.8. The van der Waals surface area contributed by atoms with E-state index in [1.165, 1.54) is 6.42 Å². The van der Waals surface area contributed by atoms with Crippen molar-refractivity contribution in [2.75, 3.05) is 19.6 Å². The van der Waals surface area contributed by atoms with Gasteiger partial charge < -0.3 is 10.0 Å². The highest BCUT2D eigenvalue weighted by atomic mass is 79.9. The van der Waals surface area contributed by atoms with Gasteiger partial charge in [-0.15, -0.1) is 0 Å². The number of rotatable bonds is 3. The van der Waals surface area contributed by atoms with Gasteiger partial charge in [0.15, 0.2) is 0 Å². The van der Waals surface area contributed by atoms with Crippen molar-refractivity contribution in [1.82, 2.24) is 14.7 Å². The number of hydrogen-bond acceptors (Lipinski definition) is 3. The summed E-state index contributed by atoms with van der Waals surface area (Å²) in [5.74, 6) is 0. The first-order valence-electron chi connectivity index (χ1n) is 6.69. The Bertz CT molecular complexity index is 387. The number of aliphatic hydroxyl groups is 1. The zero-order valence-electron chi connectivity index (χ0n) is 11.2. The summed E-state index contributed by atoms with van der Waals surface area (Å²) in [6.07, 6.45) is 5.57. The fourth-order valence-corrected chi connectivity index (χ4v) is 3.60. The molecule has 2 heterocycles. The van der Waals surface area contributed by atoms with Gasteiger partial charge >= 0.3 is 0 Å². The SMILES string of the molecule is CCCN1CCCC(O)(c2c(Br)cnn2C)CC1. The summed E-state index contributed by atoms with van der Waals surface area (Å²) in [7, 11) is 1.90. The molecule has 1 aromatic rings. The van der Waals surface area contributed by atoms with Crippen LogP contribution in [0.15, 0.2) is 10.7 Å². The van der Waals surface area contributed by atoms with E-state index in [1.54, 1.807) is 10.9 Å². The van der Waals surface area contributed by atoms with Gasteiger partial charge in [0, 0.05) is 13.6 Å². The predicted octanol–water partition coefficient (Wildman–Crippen LogP) is 2.27. The van der Waals surface area contributed by atoms with Crippen molar-refractivity contribution in [2.45, 2.75) is 38.2 Å². The van der Waals surface area contributed by atoms with Gasteiger partial charge in [0.05, 0.1) is 16.4 Å². The summed E-state index contributed by atoms with van der Waals surface area (Å²) in [6.45, 7) is 5.38. The second-order valence-electron chi connectivity index (χ2n) is 5.19. The van der Waals surface area contributed by atoms with E-state index in [9.17, 15) is 5.11 Å². The topological polar surface area (TPSA) is 41.3 Å². The van der Waals surface area contributed by atoms with Gasteiger partial charge in [-0.3, -0.25) is 4.68 Å². The Balaban J connectivity index is 2.17. The highest BCUT2D eigenvalue weighted by molar-refractivity contribution is 9.10. The van der Waals surface area contributed by atoms with Crippen LogP contribution in [0.5, 0.6) is 0 Å². The van der Waals surface area contributed by atoms with E-state index in [2.05, 4.69) is 32.9 Å². The van der Waals surface area contributed by atoms with Gasteiger partial charge in [-0.05, 0) is 54.7 Å². The third kappa shape index (κ3) is 2.78. The molecule has 1 saturated heterocycles. The first kappa shape index (κ1) is 14.0. The largest absolute Gasteiger partial charge is 0.383 e. The molecule has 1 unspecified atom stereocenters. The second kappa shape index (κ2) is 5.72. The molecule has 0 aromatic carbocycles. The van der Waals surface area contributed by atoms with Crippen molar-refractivity contribution in [3.05, 3.63) is 16.4 Å². The predicted molar refractivity (Wildman–Crippen MR) is 75.4 cm³/mol. The summed E-state index contributed by atoms with van der Waals surface area (Å²) >= 11 is 3.50. The molecule has 1 fully saturated rings. The molecule has 1 aliphatic heterocycles. The number of hydrogen-bond donors (Lipinski definition) is 1. The van der Waals surface area contributed by atoms with Crippen LogP contribution in [0.4, 0.5) is 0 Å². The highest BCUT2D eigenvalue weighted by Gasteiger charge is 2.36. The van der Waals surface area contributed by atoms with Crippen molar-refractivity contribution in [3.63, 3.8) is 0 Å². The van der Waals surface area contributed by atoms with Gasteiger partial charge in [0.2, 0.25) is 0 Å². The quantitative estimate of drug-likeness (QED) is 0.930. The van der Waals surface area contributed by atoms with E-state index in [1.807, 2.05) is 7.05 Å². The monoisotopic (exact) mass is 315 g/mol. The van der Waals surface area contributed by atoms with Crippen LogP contribution in [-0.4, -0.2) is 39.4 Å². The van der Waals surface area contributed by atoms with Crippen LogP contribution in [0.25, 0.3) is 0 Å². The Kier molecular flexibility index (Phi) is 4.45. The van der Waals surface area contributed by atoms with E-state index in [-0.39, 0.29) is 0 Å². The van der Waals surface area contributed by atoms with E-state index >= 15 is 0 Å². The fraction of sp³-hybridized carbons (Fsp3) is 0.769. The number of likely N-dealkylation sites (tertiary alicyclic amines) is 1. The van der Waals surface area contributed by atoms with Crippen molar-refractivity contribution in [1.29, 1.82) is 0 Å². The lowest BCUT2D eigenvalue weighted by Crippen LogP contribution is -2.31. The van der Waals surface area contributed by atoms with Crippen LogP contribution in [0.3, 0.4) is 0 Å². The molecule has 0 bridgehead atoms. The average molecular weight is 316 g/mol. The molecule has 102 valence electrons. The summed E-state index contributed by atoms with van der Waals surface area (Å²) in [4.78, 5) is 2.45. The molecule has 5 heteroatoms. The number of aromatic nitrogens is 2. The standard InChI is InChI=1S/C13H22BrN3O/c1-3-7-17-8-4-5-13(18,6-9-17)12-11(14)10-15-16(12)2/h10,18H,3-9H2,1-2H3. The van der Waals surface area contributed by atoms with Crippen LogP contribution < -0.4 is 0 Å². The van der Waals surface area contributed by atoms with E-state index < -0.39 is 5.60 Å². The molecule has 1 atom stereocenters. The van der Waals surface area contributed by atoms with Crippen LogP contribution in [0.1, 0.15) is 38.3 Å². The van der Waals surface area contributed by atoms with Crippen LogP contribution >= 0.6 is 15.9 Å². The second-order valence-corrected chi connectivity index (χ2v) is 6.05. The van der Waals surface area contributed by atoms with E-state index in [4.69, 9.17) is 0 Å². The lowest BCUT2D eigenvalue weighted by molar-refractivity contribution is 0.0127. The maximum absolute atomic E-state index is 10.9. The lowest BCUT2D eigenvalue weighted by atomic mass is 9.91. The number of nitrogens with zero attached hydrogens (tertiary/aromatic N) is 3. The molecule has 2 rings (SSSR count). The van der Waals surface area contributed by atoms with Gasteiger partial charge in [0.1, 0.15) is 5.60 Å². The molecular weight excluding hydrogens is 294 g/mol. The molecule has 4 nitrogen and oxygen atoms in total. The Morgan fingerprint density at radius 2 is 2.22 bits per heavy atom. The minimum atomic E-state index is -0.743. The third-order valence-electron chi connectivity index (χ3n) is 3.78. The van der Waals surface area contributed by atoms with Gasteiger partial charge in [0.25, 0.3) is 0 Å². The Labute approximate surface area is 117 Å². The molecule has 0 aliphatic carbocycles. The Hall–Kier alpha value is -0.390. The van der Waals surface area contributed by atoms with E-state index in [0.29, 0.717) is 0 Å². The minimum absolute atomic E-state index is 0.743. The molecule has 0 saturated carbocycles. The maximum Gasteiger partial charge on any atom is 0.109 e. The normalized spacial score (nSPS) is 26.2. The average Bonchev–Trinajstić information content (AvgIpc) is 2.55. The third-order valence-corrected chi connectivity index (χ3v) is 4.36. The smallest absolute Gasteiger partial charge is 0.109 e. The van der Waals surface area contributed by atoms with E-state index in [0.717, 1.165) is 49.1 Å². The van der Waals surface area contributed by atoms with Crippen molar-refractivity contribution in [2.24, 2.45) is 7.05 Å². The van der Waals surface area contributed by atoms with Crippen LogP contribution in [0.2, 0.25) is 0 Å². The van der Waals surface area contributed by atoms with Crippen molar-refractivity contribution in [3.8, 4) is 0 Å². The van der Waals surface area contributed by atoms with Crippen LogP contribution in [0, 0.1) is 0 Å². The molecule has 18 heavy (non-hydrogen) atoms. The number of aryl methyl sites for hydroxylation is 1. The summed E-state index contributed by atoms with van der Waals surface area (Å²) in [6, 6.07) is 0. The molecule has 1 aromatic heterocycles. The number of halogens is 1. The van der Waals surface area contributed by atoms with Crippen molar-refractivity contribution < 1.29 is 5.11 Å². The fourth-order valence-electron chi connectivity index (χ4n) is 2.89. The highest BCUT2D eigenvalue weighted by Crippen LogP contribution is 2.36. The summed E-state index contributed by atoms with van der Waals surface area (Å²) in [5, 5.41) is 15.2. The maximum atomic E-state index is 10.9. The Morgan fingerprint density at radius 1 is 1.44 bits per heavy atom. The molecule has 0 spiro atoms. The van der Waals surface area contributed by atoms with Gasteiger partial charge in [-0.25, -0.2) is 0 Å². The first-order chi connectivity index (χ1) is 8.57. The van der Waals surface area contributed by atoms with Crippen LogP contribution in [-0.2, 0) is 12.6 Å². The zero-order chi connectivity index (χ0) is 13.2. The summed E-state index contributed by atoms with van der Waals surface area (Å²) < 4.78 is 2.70. The molecule has 1 N–H and O–H groups in total. The van der Waals surface area contributed by atoms with Gasteiger partial charge in [-0.2, -0.15) is 5.10 Å². The first-order valence-corrected chi connectivity index (χ1v) is 7.49. The Morgan fingerprint density at radius 3 is 2.83 bits per heavy atom. The molecule has 1 aliphatic rings.